The highest BCUT2D eigenvalue weighted by atomic mass is 16.5. The Morgan fingerprint density at radius 3 is 2.42 bits per heavy atom. The fraction of sp³-hybridized carbons (Fsp3) is 0.333. The lowest BCUT2D eigenvalue weighted by Gasteiger charge is -2.09. The molecule has 5 nitrogen and oxygen atoms in total. The van der Waals surface area contributed by atoms with E-state index in [0.717, 1.165) is 12.8 Å². The van der Waals surface area contributed by atoms with Crippen molar-refractivity contribution in [1.82, 2.24) is 0 Å². The number of rotatable bonds is 10. The van der Waals surface area contributed by atoms with E-state index < -0.39 is 0 Å². The molecule has 1 N–H and O–H groups in total. The second-order valence-electron chi connectivity index (χ2n) is 5.91. The first-order valence-electron chi connectivity index (χ1n) is 8.81. The fourth-order valence-electron chi connectivity index (χ4n) is 2.53. The number of anilines is 1. The summed E-state index contributed by atoms with van der Waals surface area (Å²) >= 11 is 0. The predicted molar refractivity (Wildman–Crippen MR) is 101 cm³/mol. The highest BCUT2D eigenvalue weighted by Gasteiger charge is 2.09. The standard InChI is InChI=1S/C21H25NO4/c1-25-19-13-6-5-12-18(19)22-20(23)14-7-15-21(24)26-16-8-11-17-9-3-2-4-10-17/h2-6,9-10,12-13H,7-8,11,14-16H2,1H3,(H,22,23). The molecule has 0 spiro atoms. The van der Waals surface area contributed by atoms with Gasteiger partial charge in [-0.25, -0.2) is 0 Å². The normalized spacial score (nSPS) is 10.2. The van der Waals surface area contributed by atoms with E-state index in [9.17, 15) is 9.59 Å². The van der Waals surface area contributed by atoms with E-state index in [1.54, 1.807) is 19.2 Å². The van der Waals surface area contributed by atoms with E-state index in [2.05, 4.69) is 17.4 Å². The molecular formula is C21H25NO4. The van der Waals surface area contributed by atoms with Crippen molar-refractivity contribution in [3.8, 4) is 5.75 Å². The van der Waals surface area contributed by atoms with Crippen molar-refractivity contribution in [2.75, 3.05) is 19.0 Å². The molecular weight excluding hydrogens is 330 g/mol. The number of esters is 1. The summed E-state index contributed by atoms with van der Waals surface area (Å²) < 4.78 is 10.4. The van der Waals surface area contributed by atoms with Gasteiger partial charge in [0.05, 0.1) is 19.4 Å². The van der Waals surface area contributed by atoms with Crippen LogP contribution in [-0.4, -0.2) is 25.6 Å². The molecule has 5 heteroatoms. The predicted octanol–water partition coefficient (Wildman–Crippen LogP) is 3.98. The molecule has 1 amide bonds. The summed E-state index contributed by atoms with van der Waals surface area (Å²) in [6.45, 7) is 0.404. The zero-order valence-corrected chi connectivity index (χ0v) is 15.1. The Morgan fingerprint density at radius 1 is 0.923 bits per heavy atom. The maximum Gasteiger partial charge on any atom is 0.305 e. The van der Waals surface area contributed by atoms with E-state index in [-0.39, 0.29) is 24.7 Å². The molecule has 0 aliphatic heterocycles. The third kappa shape index (κ3) is 6.97. The molecule has 0 heterocycles. The Labute approximate surface area is 154 Å². The van der Waals surface area contributed by atoms with Gasteiger partial charge in [-0.3, -0.25) is 9.59 Å². The highest BCUT2D eigenvalue weighted by molar-refractivity contribution is 5.92. The van der Waals surface area contributed by atoms with E-state index in [1.165, 1.54) is 5.56 Å². The van der Waals surface area contributed by atoms with Crippen molar-refractivity contribution in [1.29, 1.82) is 0 Å². The Kier molecular flexibility index (Phi) is 8.19. The van der Waals surface area contributed by atoms with Gasteiger partial charge >= 0.3 is 5.97 Å². The zero-order valence-electron chi connectivity index (χ0n) is 15.1. The summed E-state index contributed by atoms with van der Waals surface area (Å²) in [6, 6.07) is 17.3. The molecule has 0 saturated carbocycles. The molecule has 0 bridgehead atoms. The first-order chi connectivity index (χ1) is 12.7. The van der Waals surface area contributed by atoms with Crippen LogP contribution in [0.2, 0.25) is 0 Å². The monoisotopic (exact) mass is 355 g/mol. The molecule has 0 aliphatic carbocycles. The minimum absolute atomic E-state index is 0.147. The average Bonchev–Trinajstić information content (AvgIpc) is 2.66. The first-order valence-corrected chi connectivity index (χ1v) is 8.81. The molecule has 26 heavy (non-hydrogen) atoms. The zero-order chi connectivity index (χ0) is 18.6. The van der Waals surface area contributed by atoms with Gasteiger partial charge in [0.1, 0.15) is 5.75 Å². The SMILES string of the molecule is COc1ccccc1NC(=O)CCCC(=O)OCCCc1ccccc1. The van der Waals surface area contributed by atoms with Gasteiger partial charge in [-0.05, 0) is 37.0 Å². The Hall–Kier alpha value is -2.82. The van der Waals surface area contributed by atoms with Gasteiger partial charge in [-0.15, -0.1) is 0 Å². The summed E-state index contributed by atoms with van der Waals surface area (Å²) in [5, 5.41) is 2.79. The van der Waals surface area contributed by atoms with Crippen LogP contribution in [0.5, 0.6) is 5.75 Å². The quantitative estimate of drug-likeness (QED) is 0.517. The molecule has 0 unspecified atom stereocenters. The molecule has 138 valence electrons. The number of hydrogen-bond acceptors (Lipinski definition) is 4. The molecule has 0 aromatic heterocycles. The van der Waals surface area contributed by atoms with Gasteiger partial charge < -0.3 is 14.8 Å². The number of amides is 1. The topological polar surface area (TPSA) is 64.6 Å². The van der Waals surface area contributed by atoms with Crippen LogP contribution in [0.1, 0.15) is 31.2 Å². The van der Waals surface area contributed by atoms with Crippen LogP contribution < -0.4 is 10.1 Å². The van der Waals surface area contributed by atoms with E-state index in [1.807, 2.05) is 30.3 Å². The lowest BCUT2D eigenvalue weighted by atomic mass is 10.1. The molecule has 0 fully saturated rings. The summed E-state index contributed by atoms with van der Waals surface area (Å²) in [5.41, 5.74) is 1.86. The first kappa shape index (κ1) is 19.5. The number of hydrogen-bond donors (Lipinski definition) is 1. The molecule has 0 atom stereocenters. The number of para-hydroxylation sites is 2. The van der Waals surface area contributed by atoms with Crippen molar-refractivity contribution in [3.63, 3.8) is 0 Å². The highest BCUT2D eigenvalue weighted by Crippen LogP contribution is 2.23. The number of carbonyl (C=O) groups excluding carboxylic acids is 2. The lowest BCUT2D eigenvalue weighted by Crippen LogP contribution is -2.13. The Balaban J connectivity index is 1.58. The van der Waals surface area contributed by atoms with Crippen LogP contribution in [0.3, 0.4) is 0 Å². The lowest BCUT2D eigenvalue weighted by molar-refractivity contribution is -0.143. The van der Waals surface area contributed by atoms with E-state index in [4.69, 9.17) is 9.47 Å². The molecule has 0 aliphatic rings. The number of nitrogens with one attached hydrogen (secondary N) is 1. The van der Waals surface area contributed by atoms with Crippen LogP contribution in [0.15, 0.2) is 54.6 Å². The van der Waals surface area contributed by atoms with Crippen molar-refractivity contribution in [2.24, 2.45) is 0 Å². The number of methoxy groups -OCH3 is 1. The minimum atomic E-state index is -0.261. The molecule has 2 aromatic carbocycles. The van der Waals surface area contributed by atoms with Crippen molar-refractivity contribution >= 4 is 17.6 Å². The Bertz CT molecular complexity index is 700. The summed E-state index contributed by atoms with van der Waals surface area (Å²) in [4.78, 5) is 23.7. The number of benzene rings is 2. The van der Waals surface area contributed by atoms with E-state index in [0.29, 0.717) is 24.5 Å². The molecule has 2 aromatic rings. The van der Waals surface area contributed by atoms with Gasteiger partial charge in [0, 0.05) is 12.8 Å². The maximum atomic E-state index is 12.0. The van der Waals surface area contributed by atoms with Crippen LogP contribution in [0, 0.1) is 0 Å². The molecule has 0 saturated heterocycles. The fourth-order valence-corrected chi connectivity index (χ4v) is 2.53. The van der Waals surface area contributed by atoms with E-state index >= 15 is 0 Å². The number of aryl methyl sites for hydroxylation is 1. The third-order valence-corrected chi connectivity index (χ3v) is 3.88. The number of carbonyl (C=O) groups is 2. The van der Waals surface area contributed by atoms with Gasteiger partial charge in [0.25, 0.3) is 0 Å². The molecule has 0 radical (unpaired) electrons. The second-order valence-corrected chi connectivity index (χ2v) is 5.91. The minimum Gasteiger partial charge on any atom is -0.495 e. The van der Waals surface area contributed by atoms with Gasteiger partial charge in [-0.2, -0.15) is 0 Å². The van der Waals surface area contributed by atoms with Gasteiger partial charge in [-0.1, -0.05) is 42.5 Å². The van der Waals surface area contributed by atoms with Crippen LogP contribution >= 0.6 is 0 Å². The van der Waals surface area contributed by atoms with Crippen LogP contribution in [0.25, 0.3) is 0 Å². The van der Waals surface area contributed by atoms with Crippen LogP contribution in [0.4, 0.5) is 5.69 Å². The average molecular weight is 355 g/mol. The van der Waals surface area contributed by atoms with Crippen molar-refractivity contribution < 1.29 is 19.1 Å². The third-order valence-electron chi connectivity index (χ3n) is 3.88. The number of ether oxygens (including phenoxy) is 2. The largest absolute Gasteiger partial charge is 0.495 e. The van der Waals surface area contributed by atoms with Gasteiger partial charge in [0.15, 0.2) is 0 Å². The maximum absolute atomic E-state index is 12.0. The summed E-state index contributed by atoms with van der Waals surface area (Å²) in [7, 11) is 1.55. The second kappa shape index (κ2) is 10.9. The van der Waals surface area contributed by atoms with Gasteiger partial charge in [0.2, 0.25) is 5.91 Å². The summed E-state index contributed by atoms with van der Waals surface area (Å²) in [6.07, 6.45) is 2.64. The Morgan fingerprint density at radius 2 is 1.65 bits per heavy atom. The summed E-state index contributed by atoms with van der Waals surface area (Å²) in [5.74, 6) is 0.202. The van der Waals surface area contributed by atoms with Crippen LogP contribution in [-0.2, 0) is 20.7 Å². The molecule has 2 rings (SSSR count). The smallest absolute Gasteiger partial charge is 0.305 e. The van der Waals surface area contributed by atoms with Crippen molar-refractivity contribution in [3.05, 3.63) is 60.2 Å². The van der Waals surface area contributed by atoms with Crippen molar-refractivity contribution in [2.45, 2.75) is 32.1 Å².